The summed E-state index contributed by atoms with van der Waals surface area (Å²) < 4.78 is 5.15. The molecule has 0 radical (unpaired) electrons. The molecule has 1 aromatic rings. The SMILES string of the molecule is CNCc1cc(C2CCC2)no1. The third-order valence-electron chi connectivity index (χ3n) is 2.45. The van der Waals surface area contributed by atoms with Gasteiger partial charge in [0.2, 0.25) is 0 Å². The number of hydrogen-bond donors (Lipinski definition) is 1. The average molecular weight is 166 g/mol. The monoisotopic (exact) mass is 166 g/mol. The fraction of sp³-hybridized carbons (Fsp3) is 0.667. The molecule has 1 fully saturated rings. The Kier molecular flexibility index (Phi) is 2.13. The minimum Gasteiger partial charge on any atom is -0.360 e. The Balaban J connectivity index is 2.02. The predicted octanol–water partition coefficient (Wildman–Crippen LogP) is 1.66. The highest BCUT2D eigenvalue weighted by Gasteiger charge is 2.22. The maximum Gasteiger partial charge on any atom is 0.150 e. The van der Waals surface area contributed by atoms with Crippen molar-refractivity contribution in [3.05, 3.63) is 17.5 Å². The highest BCUT2D eigenvalue weighted by Crippen LogP contribution is 2.35. The molecule has 66 valence electrons. The summed E-state index contributed by atoms with van der Waals surface area (Å²) in [5, 5.41) is 7.08. The van der Waals surface area contributed by atoms with E-state index in [1.807, 2.05) is 7.05 Å². The van der Waals surface area contributed by atoms with Crippen LogP contribution >= 0.6 is 0 Å². The predicted molar refractivity (Wildman–Crippen MR) is 45.9 cm³/mol. The quantitative estimate of drug-likeness (QED) is 0.742. The zero-order valence-corrected chi connectivity index (χ0v) is 7.34. The summed E-state index contributed by atoms with van der Waals surface area (Å²) in [5.74, 6) is 1.62. The molecule has 0 aromatic carbocycles. The fourth-order valence-corrected chi connectivity index (χ4v) is 1.48. The Hall–Kier alpha value is -0.830. The first-order valence-electron chi connectivity index (χ1n) is 4.50. The molecule has 0 spiro atoms. The van der Waals surface area contributed by atoms with E-state index in [0.717, 1.165) is 18.0 Å². The summed E-state index contributed by atoms with van der Waals surface area (Å²) >= 11 is 0. The Morgan fingerprint density at radius 2 is 2.50 bits per heavy atom. The van der Waals surface area contributed by atoms with Crippen molar-refractivity contribution in [2.45, 2.75) is 31.7 Å². The zero-order chi connectivity index (χ0) is 8.39. The Labute approximate surface area is 72.1 Å². The summed E-state index contributed by atoms with van der Waals surface area (Å²) in [6.07, 6.45) is 3.91. The molecule has 1 aliphatic carbocycles. The summed E-state index contributed by atoms with van der Waals surface area (Å²) in [6, 6.07) is 2.07. The molecule has 0 aliphatic heterocycles. The Morgan fingerprint density at radius 3 is 3.08 bits per heavy atom. The summed E-state index contributed by atoms with van der Waals surface area (Å²) in [7, 11) is 1.91. The molecule has 0 unspecified atom stereocenters. The lowest BCUT2D eigenvalue weighted by molar-refractivity contribution is 0.344. The number of nitrogens with zero attached hydrogens (tertiary/aromatic N) is 1. The molecular weight excluding hydrogens is 152 g/mol. The first-order chi connectivity index (χ1) is 5.90. The lowest BCUT2D eigenvalue weighted by Gasteiger charge is -2.22. The molecule has 1 saturated carbocycles. The van der Waals surface area contributed by atoms with E-state index in [1.54, 1.807) is 0 Å². The van der Waals surface area contributed by atoms with E-state index >= 15 is 0 Å². The van der Waals surface area contributed by atoms with Crippen LogP contribution in [0.5, 0.6) is 0 Å². The average Bonchev–Trinajstić information content (AvgIpc) is 2.34. The van der Waals surface area contributed by atoms with Gasteiger partial charge in [0.25, 0.3) is 0 Å². The molecule has 0 atom stereocenters. The summed E-state index contributed by atoms with van der Waals surface area (Å²) in [4.78, 5) is 0. The molecular formula is C9H14N2O. The molecule has 1 heterocycles. The first kappa shape index (κ1) is 7.80. The molecule has 0 amide bonds. The van der Waals surface area contributed by atoms with Gasteiger partial charge in [0.1, 0.15) is 0 Å². The van der Waals surface area contributed by atoms with Gasteiger partial charge in [0, 0.05) is 12.0 Å². The van der Waals surface area contributed by atoms with Crippen LogP contribution in [0.15, 0.2) is 10.6 Å². The van der Waals surface area contributed by atoms with Crippen molar-refractivity contribution in [2.24, 2.45) is 0 Å². The molecule has 1 aromatic heterocycles. The third kappa shape index (κ3) is 1.37. The highest BCUT2D eigenvalue weighted by molar-refractivity contribution is 5.12. The van der Waals surface area contributed by atoms with E-state index < -0.39 is 0 Å². The smallest absolute Gasteiger partial charge is 0.150 e. The van der Waals surface area contributed by atoms with Gasteiger partial charge in [-0.05, 0) is 19.9 Å². The van der Waals surface area contributed by atoms with Gasteiger partial charge >= 0.3 is 0 Å². The van der Waals surface area contributed by atoms with Crippen molar-refractivity contribution in [1.29, 1.82) is 0 Å². The molecule has 3 heteroatoms. The van der Waals surface area contributed by atoms with Crippen molar-refractivity contribution in [1.82, 2.24) is 10.5 Å². The number of rotatable bonds is 3. The molecule has 0 saturated heterocycles. The minimum absolute atomic E-state index is 0.680. The maximum absolute atomic E-state index is 5.15. The second-order valence-corrected chi connectivity index (χ2v) is 3.38. The van der Waals surface area contributed by atoms with Crippen LogP contribution < -0.4 is 5.32 Å². The fourth-order valence-electron chi connectivity index (χ4n) is 1.48. The molecule has 2 rings (SSSR count). The third-order valence-corrected chi connectivity index (χ3v) is 2.45. The van der Waals surface area contributed by atoms with Gasteiger partial charge in [-0.1, -0.05) is 11.6 Å². The van der Waals surface area contributed by atoms with Crippen molar-refractivity contribution in [2.75, 3.05) is 7.05 Å². The van der Waals surface area contributed by atoms with Crippen LogP contribution in [0.2, 0.25) is 0 Å². The zero-order valence-electron chi connectivity index (χ0n) is 7.34. The van der Waals surface area contributed by atoms with Gasteiger partial charge in [-0.3, -0.25) is 0 Å². The second kappa shape index (κ2) is 3.27. The Bertz CT molecular complexity index is 253. The van der Waals surface area contributed by atoms with Crippen molar-refractivity contribution in [3.63, 3.8) is 0 Å². The van der Waals surface area contributed by atoms with E-state index in [9.17, 15) is 0 Å². The summed E-state index contributed by atoms with van der Waals surface area (Å²) in [5.41, 5.74) is 1.14. The van der Waals surface area contributed by atoms with E-state index in [1.165, 1.54) is 19.3 Å². The molecule has 0 bridgehead atoms. The van der Waals surface area contributed by atoms with Gasteiger partial charge in [0.05, 0.1) is 12.2 Å². The largest absolute Gasteiger partial charge is 0.360 e. The van der Waals surface area contributed by atoms with Crippen LogP contribution in [0, 0.1) is 0 Å². The van der Waals surface area contributed by atoms with E-state index in [4.69, 9.17) is 4.52 Å². The Morgan fingerprint density at radius 1 is 1.67 bits per heavy atom. The second-order valence-electron chi connectivity index (χ2n) is 3.38. The summed E-state index contributed by atoms with van der Waals surface area (Å²) in [6.45, 7) is 0.778. The minimum atomic E-state index is 0.680. The first-order valence-corrected chi connectivity index (χ1v) is 4.50. The molecule has 12 heavy (non-hydrogen) atoms. The number of aromatic nitrogens is 1. The molecule has 1 N–H and O–H groups in total. The van der Waals surface area contributed by atoms with Gasteiger partial charge in [-0.25, -0.2) is 0 Å². The van der Waals surface area contributed by atoms with Crippen LogP contribution in [-0.4, -0.2) is 12.2 Å². The highest BCUT2D eigenvalue weighted by atomic mass is 16.5. The van der Waals surface area contributed by atoms with Crippen molar-refractivity contribution in [3.8, 4) is 0 Å². The van der Waals surface area contributed by atoms with Gasteiger partial charge in [-0.2, -0.15) is 0 Å². The maximum atomic E-state index is 5.15. The number of hydrogen-bond acceptors (Lipinski definition) is 3. The topological polar surface area (TPSA) is 38.1 Å². The number of nitrogens with one attached hydrogen (secondary N) is 1. The van der Waals surface area contributed by atoms with E-state index in [0.29, 0.717) is 5.92 Å². The van der Waals surface area contributed by atoms with Crippen LogP contribution in [0.3, 0.4) is 0 Å². The molecule has 3 nitrogen and oxygen atoms in total. The van der Waals surface area contributed by atoms with E-state index in [2.05, 4.69) is 16.5 Å². The van der Waals surface area contributed by atoms with Crippen molar-refractivity contribution >= 4 is 0 Å². The lowest BCUT2D eigenvalue weighted by atomic mass is 9.83. The normalized spacial score (nSPS) is 17.8. The van der Waals surface area contributed by atoms with Crippen LogP contribution in [0.1, 0.15) is 36.6 Å². The van der Waals surface area contributed by atoms with Gasteiger partial charge in [0.15, 0.2) is 5.76 Å². The van der Waals surface area contributed by atoms with Crippen molar-refractivity contribution < 1.29 is 4.52 Å². The van der Waals surface area contributed by atoms with Gasteiger partial charge in [-0.15, -0.1) is 0 Å². The molecule has 1 aliphatic rings. The van der Waals surface area contributed by atoms with Crippen LogP contribution in [0.4, 0.5) is 0 Å². The van der Waals surface area contributed by atoms with E-state index in [-0.39, 0.29) is 0 Å². The lowest BCUT2D eigenvalue weighted by Crippen LogP contribution is -2.08. The van der Waals surface area contributed by atoms with Crippen LogP contribution in [0.25, 0.3) is 0 Å². The van der Waals surface area contributed by atoms with Crippen LogP contribution in [-0.2, 0) is 6.54 Å². The standard InChI is InChI=1S/C9H14N2O/c1-10-6-8-5-9(11-12-8)7-3-2-4-7/h5,7,10H,2-4,6H2,1H3. The van der Waals surface area contributed by atoms with Gasteiger partial charge < -0.3 is 9.84 Å².